The quantitative estimate of drug-likeness (QED) is 0.877. The molecule has 1 N–H and O–H groups in total. The van der Waals surface area contributed by atoms with E-state index in [2.05, 4.69) is 32.2 Å². The maximum atomic E-state index is 5.78. The van der Waals surface area contributed by atoms with E-state index in [0.717, 1.165) is 49.6 Å². The fraction of sp³-hybridized carbons (Fsp3) is 0.615. The van der Waals surface area contributed by atoms with E-state index in [1.165, 1.54) is 0 Å². The molecule has 0 radical (unpaired) electrons. The summed E-state index contributed by atoms with van der Waals surface area (Å²) in [5.74, 6) is 0.820. The summed E-state index contributed by atoms with van der Waals surface area (Å²) in [4.78, 5) is 10.9. The molecule has 0 amide bonds. The molecule has 2 aromatic heterocycles. The first-order valence-electron chi connectivity index (χ1n) is 6.98. The van der Waals surface area contributed by atoms with E-state index in [1.54, 1.807) is 17.2 Å². The van der Waals surface area contributed by atoms with Gasteiger partial charge in [0.1, 0.15) is 12.1 Å². The Morgan fingerprint density at radius 1 is 1.45 bits per heavy atom. The predicted molar refractivity (Wildman–Crippen MR) is 76.6 cm³/mol. The maximum Gasteiger partial charge on any atom is 0.163 e. The maximum absolute atomic E-state index is 5.78. The molecule has 1 saturated heterocycles. The van der Waals surface area contributed by atoms with Gasteiger partial charge in [-0.2, -0.15) is 5.10 Å². The van der Waals surface area contributed by atoms with Crippen molar-refractivity contribution in [2.24, 2.45) is 7.05 Å². The summed E-state index contributed by atoms with van der Waals surface area (Å²) in [6.45, 7) is 6.78. The number of aromatic nitrogens is 4. The van der Waals surface area contributed by atoms with Crippen molar-refractivity contribution in [3.8, 4) is 0 Å². The lowest BCUT2D eigenvalue weighted by molar-refractivity contribution is -0.0192. The molecule has 1 atom stereocenters. The number of hydrogen-bond donors (Lipinski definition) is 1. The summed E-state index contributed by atoms with van der Waals surface area (Å²) in [6.07, 6.45) is 3.55. The largest absolute Gasteiger partial charge is 0.374 e. The van der Waals surface area contributed by atoms with Crippen LogP contribution in [0.4, 0.5) is 5.82 Å². The van der Waals surface area contributed by atoms with Crippen LogP contribution in [0.2, 0.25) is 0 Å². The zero-order chi connectivity index (χ0) is 13.9. The number of ether oxygens (including phenoxy) is 1. The lowest BCUT2D eigenvalue weighted by Crippen LogP contribution is -2.45. The predicted octanol–water partition coefficient (Wildman–Crippen LogP) is 0.496. The van der Waals surface area contributed by atoms with Crippen molar-refractivity contribution in [1.82, 2.24) is 24.6 Å². The van der Waals surface area contributed by atoms with Crippen LogP contribution in [0.5, 0.6) is 0 Å². The fourth-order valence-electron chi connectivity index (χ4n) is 2.50. The molecule has 2 aromatic rings. The molecule has 7 heteroatoms. The van der Waals surface area contributed by atoms with Gasteiger partial charge in [-0.25, -0.2) is 9.97 Å². The first-order chi connectivity index (χ1) is 9.78. The van der Waals surface area contributed by atoms with E-state index in [0.29, 0.717) is 0 Å². The van der Waals surface area contributed by atoms with Gasteiger partial charge in [-0.05, 0) is 6.54 Å². The highest BCUT2D eigenvalue weighted by Crippen LogP contribution is 2.18. The van der Waals surface area contributed by atoms with Gasteiger partial charge in [0, 0.05) is 26.7 Å². The molecule has 0 aliphatic carbocycles. The number of nitrogens with zero attached hydrogens (tertiary/aromatic N) is 5. The highest BCUT2D eigenvalue weighted by Gasteiger charge is 2.19. The molecule has 1 aliphatic heterocycles. The molecule has 3 heterocycles. The standard InChI is InChI=1S/C13H20N6O/c1-3-19-4-5-20-10(8-19)6-14-12-11-7-17-18(2)13(11)16-9-15-12/h7,9-10H,3-6,8H2,1-2H3,(H,14,15,16). The van der Waals surface area contributed by atoms with Crippen molar-refractivity contribution in [3.63, 3.8) is 0 Å². The van der Waals surface area contributed by atoms with Crippen molar-refractivity contribution in [2.45, 2.75) is 13.0 Å². The second-order valence-corrected chi connectivity index (χ2v) is 4.99. The summed E-state index contributed by atoms with van der Waals surface area (Å²) < 4.78 is 7.53. The Kier molecular flexibility index (Phi) is 3.79. The van der Waals surface area contributed by atoms with Gasteiger partial charge in [0.2, 0.25) is 0 Å². The lowest BCUT2D eigenvalue weighted by atomic mass is 10.2. The van der Waals surface area contributed by atoms with Crippen molar-refractivity contribution < 1.29 is 4.74 Å². The molecule has 1 aliphatic rings. The van der Waals surface area contributed by atoms with Crippen molar-refractivity contribution in [2.75, 3.05) is 38.1 Å². The van der Waals surface area contributed by atoms with E-state index in [4.69, 9.17) is 4.74 Å². The number of nitrogens with one attached hydrogen (secondary N) is 1. The van der Waals surface area contributed by atoms with Gasteiger partial charge in [0.25, 0.3) is 0 Å². The van der Waals surface area contributed by atoms with E-state index in [1.807, 2.05) is 7.05 Å². The van der Waals surface area contributed by atoms with Crippen LogP contribution < -0.4 is 5.32 Å². The minimum Gasteiger partial charge on any atom is -0.374 e. The Morgan fingerprint density at radius 2 is 2.35 bits per heavy atom. The fourth-order valence-corrected chi connectivity index (χ4v) is 2.50. The average molecular weight is 276 g/mol. The number of morpholine rings is 1. The van der Waals surface area contributed by atoms with Gasteiger partial charge in [0.05, 0.1) is 24.3 Å². The van der Waals surface area contributed by atoms with Crippen molar-refractivity contribution in [1.29, 1.82) is 0 Å². The number of anilines is 1. The van der Waals surface area contributed by atoms with Gasteiger partial charge in [-0.1, -0.05) is 6.92 Å². The van der Waals surface area contributed by atoms with Crippen LogP contribution in [0, 0.1) is 0 Å². The number of fused-ring (bicyclic) bond motifs is 1. The molecule has 1 fully saturated rings. The van der Waals surface area contributed by atoms with E-state index < -0.39 is 0 Å². The Labute approximate surface area is 117 Å². The van der Waals surface area contributed by atoms with E-state index in [-0.39, 0.29) is 6.10 Å². The first kappa shape index (κ1) is 13.3. The van der Waals surface area contributed by atoms with Gasteiger partial charge >= 0.3 is 0 Å². The molecule has 108 valence electrons. The molecule has 1 unspecified atom stereocenters. The zero-order valence-corrected chi connectivity index (χ0v) is 11.9. The van der Waals surface area contributed by atoms with Gasteiger partial charge in [0.15, 0.2) is 5.65 Å². The third-order valence-corrected chi connectivity index (χ3v) is 3.70. The molecule has 0 spiro atoms. The number of likely N-dealkylation sites (N-methyl/N-ethyl adjacent to an activating group) is 1. The molecular weight excluding hydrogens is 256 g/mol. The van der Waals surface area contributed by atoms with E-state index >= 15 is 0 Å². The van der Waals surface area contributed by atoms with Crippen LogP contribution >= 0.6 is 0 Å². The van der Waals surface area contributed by atoms with Gasteiger partial charge < -0.3 is 10.1 Å². The molecule has 20 heavy (non-hydrogen) atoms. The molecule has 0 aromatic carbocycles. The molecule has 0 bridgehead atoms. The normalized spacial score (nSPS) is 20.4. The van der Waals surface area contributed by atoms with Crippen LogP contribution in [0.25, 0.3) is 11.0 Å². The number of aryl methyl sites for hydroxylation is 1. The summed E-state index contributed by atoms with van der Waals surface area (Å²) in [6, 6.07) is 0. The van der Waals surface area contributed by atoms with Gasteiger partial charge in [-0.15, -0.1) is 0 Å². The monoisotopic (exact) mass is 276 g/mol. The third kappa shape index (κ3) is 2.59. The number of rotatable bonds is 4. The molecular formula is C13H20N6O. The van der Waals surface area contributed by atoms with Crippen LogP contribution in [0.3, 0.4) is 0 Å². The van der Waals surface area contributed by atoms with Crippen molar-refractivity contribution >= 4 is 16.9 Å². The minimum absolute atomic E-state index is 0.199. The van der Waals surface area contributed by atoms with Crippen LogP contribution in [-0.4, -0.2) is 63.5 Å². The summed E-state index contributed by atoms with van der Waals surface area (Å²) in [7, 11) is 1.88. The second kappa shape index (κ2) is 5.72. The lowest BCUT2D eigenvalue weighted by Gasteiger charge is -2.32. The minimum atomic E-state index is 0.199. The highest BCUT2D eigenvalue weighted by atomic mass is 16.5. The van der Waals surface area contributed by atoms with Crippen LogP contribution in [0.1, 0.15) is 6.92 Å². The summed E-state index contributed by atoms with van der Waals surface area (Å²) in [5, 5.41) is 8.51. The van der Waals surface area contributed by atoms with Crippen LogP contribution in [-0.2, 0) is 11.8 Å². The summed E-state index contributed by atoms with van der Waals surface area (Å²) >= 11 is 0. The smallest absolute Gasteiger partial charge is 0.163 e. The topological polar surface area (TPSA) is 68.1 Å². The molecule has 3 rings (SSSR count). The highest BCUT2D eigenvalue weighted by molar-refractivity contribution is 5.85. The van der Waals surface area contributed by atoms with Crippen molar-refractivity contribution in [3.05, 3.63) is 12.5 Å². The second-order valence-electron chi connectivity index (χ2n) is 4.99. The molecule has 0 saturated carbocycles. The summed E-state index contributed by atoms with van der Waals surface area (Å²) in [5.41, 5.74) is 0.835. The third-order valence-electron chi connectivity index (χ3n) is 3.70. The van der Waals surface area contributed by atoms with Crippen LogP contribution in [0.15, 0.2) is 12.5 Å². The Bertz CT molecular complexity index is 583. The SMILES string of the molecule is CCN1CCOC(CNc2ncnc3c2cnn3C)C1. The molecule has 7 nitrogen and oxygen atoms in total. The zero-order valence-electron chi connectivity index (χ0n) is 11.9. The van der Waals surface area contributed by atoms with Gasteiger partial charge in [-0.3, -0.25) is 9.58 Å². The Balaban J connectivity index is 1.68. The first-order valence-corrected chi connectivity index (χ1v) is 6.98. The number of hydrogen-bond acceptors (Lipinski definition) is 6. The average Bonchev–Trinajstić information content (AvgIpc) is 2.88. The van der Waals surface area contributed by atoms with E-state index in [9.17, 15) is 0 Å². The Morgan fingerprint density at radius 3 is 3.20 bits per heavy atom. The Hall–Kier alpha value is -1.73.